The summed E-state index contributed by atoms with van der Waals surface area (Å²) < 4.78 is 30.6. The molecule has 2 aromatic carbocycles. The smallest absolute Gasteiger partial charge is 0.419 e. The first-order valence-electron chi connectivity index (χ1n) is 16.3. The first kappa shape index (κ1) is 40.5. The Morgan fingerprint density at radius 3 is 2.10 bits per heavy atom. The number of nitrogens with zero attached hydrogens (tertiary/aromatic N) is 1. The summed E-state index contributed by atoms with van der Waals surface area (Å²) in [5.41, 5.74) is 0.566. The van der Waals surface area contributed by atoms with Crippen molar-refractivity contribution in [1.82, 2.24) is 4.90 Å². The minimum atomic E-state index is -0.895. The van der Waals surface area contributed by atoms with Crippen molar-refractivity contribution in [2.75, 3.05) is 33.7 Å². The molecule has 0 heterocycles. The molecule has 270 valence electrons. The third-order valence-corrected chi connectivity index (χ3v) is 7.64. The van der Waals surface area contributed by atoms with Crippen LogP contribution in [0.1, 0.15) is 85.1 Å². The molecule has 13 nitrogen and oxygen atoms in total. The van der Waals surface area contributed by atoms with Crippen molar-refractivity contribution in [3.63, 3.8) is 0 Å². The largest absolute Gasteiger partial charge is 0.497 e. The van der Waals surface area contributed by atoms with Crippen LogP contribution in [0.3, 0.4) is 0 Å². The molecule has 0 fully saturated rings. The fourth-order valence-electron chi connectivity index (χ4n) is 5.04. The second-order valence-corrected chi connectivity index (χ2v) is 12.4. The predicted molar refractivity (Wildman–Crippen MR) is 178 cm³/mol. The van der Waals surface area contributed by atoms with Crippen LogP contribution in [0, 0.1) is 5.41 Å². The van der Waals surface area contributed by atoms with Crippen molar-refractivity contribution in [2.24, 2.45) is 5.41 Å². The van der Waals surface area contributed by atoms with E-state index in [4.69, 9.17) is 28.4 Å². The van der Waals surface area contributed by atoms with E-state index in [2.05, 4.69) is 0 Å². The minimum absolute atomic E-state index is 0.0864. The highest BCUT2D eigenvalue weighted by Crippen LogP contribution is 2.29. The first-order chi connectivity index (χ1) is 23.2. The van der Waals surface area contributed by atoms with E-state index in [1.54, 1.807) is 7.11 Å². The fraction of sp³-hybridized carbons (Fsp3) is 0.556. The van der Waals surface area contributed by atoms with Crippen LogP contribution in [-0.2, 0) is 54.1 Å². The SMILES string of the molecule is COc1ccc2cccc(CCN(C(C)=O)C(=O)OCOC(=O)CCCCCCC(C)(C)CC(=O)OC(COC(C)=O)COC(C)=O)c2c1. The lowest BCUT2D eigenvalue weighted by molar-refractivity contribution is -0.167. The lowest BCUT2D eigenvalue weighted by Gasteiger charge is -2.25. The summed E-state index contributed by atoms with van der Waals surface area (Å²) in [4.78, 5) is 72.7. The Kier molecular flexibility index (Phi) is 17.1. The van der Waals surface area contributed by atoms with Gasteiger partial charge in [-0.2, -0.15) is 0 Å². The van der Waals surface area contributed by atoms with Crippen LogP contribution in [0.5, 0.6) is 5.75 Å². The number of hydrogen-bond donors (Lipinski definition) is 0. The minimum Gasteiger partial charge on any atom is -0.497 e. The maximum absolute atomic E-state index is 12.6. The molecule has 49 heavy (non-hydrogen) atoms. The second-order valence-electron chi connectivity index (χ2n) is 12.4. The molecule has 0 aliphatic heterocycles. The van der Waals surface area contributed by atoms with E-state index in [-0.39, 0.29) is 38.0 Å². The Hall–Kier alpha value is -4.68. The Balaban J connectivity index is 1.67. The van der Waals surface area contributed by atoms with Gasteiger partial charge < -0.3 is 28.4 Å². The zero-order chi connectivity index (χ0) is 36.4. The van der Waals surface area contributed by atoms with Crippen molar-refractivity contribution in [1.29, 1.82) is 0 Å². The number of esters is 4. The average Bonchev–Trinajstić information content (AvgIpc) is 3.03. The molecule has 0 saturated carbocycles. The van der Waals surface area contributed by atoms with Gasteiger partial charge in [-0.05, 0) is 53.1 Å². The first-order valence-corrected chi connectivity index (χ1v) is 16.3. The molecule has 2 amide bonds. The van der Waals surface area contributed by atoms with E-state index < -0.39 is 48.8 Å². The molecule has 0 atom stereocenters. The number of rotatable bonds is 20. The van der Waals surface area contributed by atoms with Gasteiger partial charge in [-0.3, -0.25) is 24.0 Å². The Bertz CT molecular complexity index is 1420. The molecule has 0 aromatic heterocycles. The molecule has 0 saturated heterocycles. The molecule has 0 aliphatic rings. The molecule has 13 heteroatoms. The lowest BCUT2D eigenvalue weighted by Crippen LogP contribution is -2.37. The second kappa shape index (κ2) is 20.6. The maximum Gasteiger partial charge on any atom is 0.419 e. The molecule has 0 N–H and O–H groups in total. The Morgan fingerprint density at radius 1 is 0.796 bits per heavy atom. The molecule has 0 aliphatic carbocycles. The number of carbonyl (C=O) groups excluding carboxylic acids is 6. The van der Waals surface area contributed by atoms with Crippen molar-refractivity contribution in [3.05, 3.63) is 42.0 Å². The van der Waals surface area contributed by atoms with Gasteiger partial charge in [0.2, 0.25) is 12.7 Å². The standard InChI is InChI=1S/C36H49NO12/c1-25(38)37(19-17-29-13-11-12-28-15-16-30(44-6)20-32(28)29)35(43)48-24-47-33(41)14-9-7-8-10-18-36(4,5)21-34(42)49-31(22-45-26(2)39)23-46-27(3)40/h11-13,15-16,20,31H,7-10,14,17-19,21-24H2,1-6H3. The summed E-state index contributed by atoms with van der Waals surface area (Å²) in [6, 6.07) is 11.5. The van der Waals surface area contributed by atoms with Crippen LogP contribution in [-0.4, -0.2) is 80.5 Å². The van der Waals surface area contributed by atoms with E-state index in [0.29, 0.717) is 18.6 Å². The van der Waals surface area contributed by atoms with Gasteiger partial charge in [0, 0.05) is 33.7 Å². The quantitative estimate of drug-likeness (QED) is 0.0727. The highest BCUT2D eigenvalue weighted by molar-refractivity contribution is 5.91. The Morgan fingerprint density at radius 2 is 1.47 bits per heavy atom. The van der Waals surface area contributed by atoms with Gasteiger partial charge >= 0.3 is 30.0 Å². The van der Waals surface area contributed by atoms with Gasteiger partial charge in [0.15, 0.2) is 6.10 Å². The van der Waals surface area contributed by atoms with Crippen molar-refractivity contribution >= 4 is 46.7 Å². The molecule has 2 aromatic rings. The van der Waals surface area contributed by atoms with Gasteiger partial charge in [0.25, 0.3) is 0 Å². The van der Waals surface area contributed by atoms with Crippen LogP contribution in [0.15, 0.2) is 36.4 Å². The van der Waals surface area contributed by atoms with Gasteiger partial charge in [0.1, 0.15) is 19.0 Å². The molecule has 0 radical (unpaired) electrons. The maximum atomic E-state index is 12.6. The molecule has 0 bridgehead atoms. The highest BCUT2D eigenvalue weighted by atomic mass is 16.7. The number of amides is 2. The topological polar surface area (TPSA) is 161 Å². The zero-order valence-electron chi connectivity index (χ0n) is 29.4. The van der Waals surface area contributed by atoms with Crippen LogP contribution >= 0.6 is 0 Å². The third-order valence-electron chi connectivity index (χ3n) is 7.64. The van der Waals surface area contributed by atoms with Crippen LogP contribution in [0.4, 0.5) is 4.79 Å². The van der Waals surface area contributed by atoms with E-state index in [1.807, 2.05) is 50.2 Å². The number of methoxy groups -OCH3 is 1. The normalized spacial score (nSPS) is 11.1. The number of unbranched alkanes of at least 4 members (excludes halogenated alkanes) is 3. The number of ether oxygens (including phenoxy) is 6. The molecular weight excluding hydrogens is 638 g/mol. The zero-order valence-corrected chi connectivity index (χ0v) is 29.4. The van der Waals surface area contributed by atoms with E-state index >= 15 is 0 Å². The van der Waals surface area contributed by atoms with Gasteiger partial charge in [-0.1, -0.05) is 57.4 Å². The van der Waals surface area contributed by atoms with Gasteiger partial charge in [-0.15, -0.1) is 0 Å². The molecular formula is C36H49NO12. The summed E-state index contributed by atoms with van der Waals surface area (Å²) in [5.74, 6) is -1.88. The van der Waals surface area contributed by atoms with E-state index in [0.717, 1.165) is 46.9 Å². The van der Waals surface area contributed by atoms with E-state index in [9.17, 15) is 28.8 Å². The number of hydrogen-bond acceptors (Lipinski definition) is 12. The van der Waals surface area contributed by atoms with Gasteiger partial charge in [-0.25, -0.2) is 9.69 Å². The number of fused-ring (bicyclic) bond motifs is 1. The van der Waals surface area contributed by atoms with Crippen LogP contribution in [0.25, 0.3) is 10.8 Å². The summed E-state index contributed by atoms with van der Waals surface area (Å²) in [5, 5.41) is 1.96. The van der Waals surface area contributed by atoms with Crippen LogP contribution < -0.4 is 4.74 Å². The molecule has 2 rings (SSSR count). The number of carbonyl (C=O) groups is 6. The van der Waals surface area contributed by atoms with Crippen molar-refractivity contribution in [3.8, 4) is 5.75 Å². The fourth-order valence-corrected chi connectivity index (χ4v) is 5.04. The van der Waals surface area contributed by atoms with E-state index in [1.165, 1.54) is 20.8 Å². The van der Waals surface area contributed by atoms with Gasteiger partial charge in [0.05, 0.1) is 13.5 Å². The van der Waals surface area contributed by atoms with Crippen molar-refractivity contribution in [2.45, 2.75) is 92.1 Å². The summed E-state index contributed by atoms with van der Waals surface area (Å²) in [6.45, 7) is 6.68. The summed E-state index contributed by atoms with van der Waals surface area (Å²) >= 11 is 0. The molecule has 0 unspecified atom stereocenters. The Labute approximate surface area is 287 Å². The highest BCUT2D eigenvalue weighted by Gasteiger charge is 2.26. The monoisotopic (exact) mass is 687 g/mol. The number of imide groups is 1. The molecule has 0 spiro atoms. The third kappa shape index (κ3) is 15.8. The predicted octanol–water partition coefficient (Wildman–Crippen LogP) is 5.67. The number of benzene rings is 2. The van der Waals surface area contributed by atoms with Crippen LogP contribution in [0.2, 0.25) is 0 Å². The summed E-state index contributed by atoms with van der Waals surface area (Å²) in [6.07, 6.45) is 2.54. The summed E-state index contributed by atoms with van der Waals surface area (Å²) in [7, 11) is 1.59. The average molecular weight is 688 g/mol. The van der Waals surface area contributed by atoms with Crippen molar-refractivity contribution < 1.29 is 57.2 Å². The lowest BCUT2D eigenvalue weighted by atomic mass is 9.83.